The molecule has 0 aliphatic rings. The van der Waals surface area contributed by atoms with Gasteiger partial charge in [-0.15, -0.1) is 5.10 Å². The third-order valence-corrected chi connectivity index (χ3v) is 4.45. The zero-order chi connectivity index (χ0) is 16.4. The second kappa shape index (κ2) is 5.96. The van der Waals surface area contributed by atoms with Crippen LogP contribution in [0, 0.1) is 4.78 Å². The first kappa shape index (κ1) is 15.4. The highest BCUT2D eigenvalue weighted by Crippen LogP contribution is 2.24. The fraction of sp³-hybridized carbons (Fsp3) is 0.267. The van der Waals surface area contributed by atoms with Gasteiger partial charge in [-0.2, -0.15) is 0 Å². The predicted octanol–water partition coefficient (Wildman–Crippen LogP) is 2.04. The second-order valence-corrected chi connectivity index (χ2v) is 7.74. The van der Waals surface area contributed by atoms with Gasteiger partial charge in [0.1, 0.15) is 5.75 Å². The summed E-state index contributed by atoms with van der Waals surface area (Å²) in [6, 6.07) is 7.53. The molecule has 8 heteroatoms. The number of nitrogens with one attached hydrogen (secondary N) is 1. The van der Waals surface area contributed by atoms with Crippen LogP contribution in [0.25, 0.3) is 16.6 Å². The lowest BCUT2D eigenvalue weighted by Gasteiger charge is -2.06. The number of hydrogen-bond acceptors (Lipinski definition) is 6. The maximum absolute atomic E-state index is 11.5. The minimum Gasteiger partial charge on any atom is -0.497 e. The molecule has 0 aliphatic carbocycles. The number of benzene rings is 1. The molecule has 0 spiro atoms. The van der Waals surface area contributed by atoms with Gasteiger partial charge in [-0.05, 0) is 18.2 Å². The average molecular weight is 331 g/mol. The molecule has 1 atom stereocenters. The first-order valence-corrected chi connectivity index (χ1v) is 9.16. The highest BCUT2D eigenvalue weighted by Gasteiger charge is 2.09. The highest BCUT2D eigenvalue weighted by molar-refractivity contribution is 7.91. The fourth-order valence-corrected chi connectivity index (χ4v) is 2.87. The van der Waals surface area contributed by atoms with Crippen LogP contribution in [0.4, 0.5) is 0 Å². The van der Waals surface area contributed by atoms with E-state index in [-0.39, 0.29) is 5.75 Å². The molecular formula is C15H17N5O2S. The van der Waals surface area contributed by atoms with Crippen LogP contribution in [-0.2, 0) is 16.1 Å². The van der Waals surface area contributed by atoms with Crippen LogP contribution in [0.15, 0.2) is 36.7 Å². The Balaban J connectivity index is 1.96. The van der Waals surface area contributed by atoms with Crippen molar-refractivity contribution in [3.8, 4) is 11.4 Å². The van der Waals surface area contributed by atoms with E-state index < -0.39 is 9.73 Å². The van der Waals surface area contributed by atoms with E-state index in [9.17, 15) is 4.21 Å². The van der Waals surface area contributed by atoms with Crippen molar-refractivity contribution in [1.29, 1.82) is 4.78 Å². The van der Waals surface area contributed by atoms with Crippen LogP contribution in [0.3, 0.4) is 0 Å². The van der Waals surface area contributed by atoms with Crippen LogP contribution in [-0.4, -0.2) is 43.3 Å². The zero-order valence-electron chi connectivity index (χ0n) is 12.9. The lowest BCUT2D eigenvalue weighted by atomic mass is 10.2. The van der Waals surface area contributed by atoms with Crippen LogP contribution in [0.5, 0.6) is 5.75 Å². The summed E-state index contributed by atoms with van der Waals surface area (Å²) in [6.45, 7) is 0. The van der Waals surface area contributed by atoms with Crippen molar-refractivity contribution >= 4 is 20.6 Å². The first-order chi connectivity index (χ1) is 11.0. The van der Waals surface area contributed by atoms with E-state index in [2.05, 4.69) is 15.3 Å². The number of aryl methyl sites for hydroxylation is 1. The Labute approximate surface area is 134 Å². The van der Waals surface area contributed by atoms with Crippen LogP contribution in [0.2, 0.25) is 0 Å². The van der Waals surface area contributed by atoms with E-state index in [1.165, 1.54) is 6.26 Å². The minimum atomic E-state index is -2.52. The van der Waals surface area contributed by atoms with E-state index in [0.717, 1.165) is 22.3 Å². The van der Waals surface area contributed by atoms with Crippen molar-refractivity contribution in [3.63, 3.8) is 0 Å². The summed E-state index contributed by atoms with van der Waals surface area (Å²) in [6.07, 6.45) is 5.40. The van der Waals surface area contributed by atoms with Gasteiger partial charge in [0.05, 0.1) is 30.2 Å². The average Bonchev–Trinajstić information content (AvgIpc) is 3.00. The van der Waals surface area contributed by atoms with Gasteiger partial charge in [0.15, 0.2) is 0 Å². The number of rotatable bonds is 5. The van der Waals surface area contributed by atoms with Crippen LogP contribution < -0.4 is 4.74 Å². The third-order valence-electron chi connectivity index (χ3n) is 3.46. The number of hydrogen-bond donors (Lipinski definition) is 1. The Morgan fingerprint density at radius 2 is 2.17 bits per heavy atom. The zero-order valence-corrected chi connectivity index (χ0v) is 13.7. The summed E-state index contributed by atoms with van der Waals surface area (Å²) in [7, 11) is -0.903. The van der Waals surface area contributed by atoms with E-state index >= 15 is 0 Å². The van der Waals surface area contributed by atoms with Gasteiger partial charge in [0, 0.05) is 45.8 Å². The summed E-state index contributed by atoms with van der Waals surface area (Å²) in [5.74, 6) is 1.02. The number of methoxy groups -OCH3 is 1. The summed E-state index contributed by atoms with van der Waals surface area (Å²) in [5.41, 5.74) is 2.38. The van der Waals surface area contributed by atoms with Gasteiger partial charge in [0.25, 0.3) is 0 Å². The molecule has 0 saturated heterocycles. The molecule has 1 aromatic carbocycles. The maximum Gasteiger partial charge on any atom is 0.121 e. The number of ether oxygens (including phenoxy) is 1. The standard InChI is InChI=1S/C15H17N5O2S/c1-22-12-3-4-13-14(9-12)17-7-5-15(13)20-10-11(18-19-20)6-8-23(2,16)21/h3-5,7,9-10,16H,6,8H2,1-2H3. The molecule has 2 heterocycles. The van der Waals surface area contributed by atoms with Gasteiger partial charge >= 0.3 is 0 Å². The van der Waals surface area contributed by atoms with Gasteiger partial charge < -0.3 is 4.74 Å². The number of fused-ring (bicyclic) bond motifs is 1. The molecule has 0 saturated carbocycles. The molecule has 0 aliphatic heterocycles. The van der Waals surface area contributed by atoms with E-state index in [4.69, 9.17) is 9.52 Å². The summed E-state index contributed by atoms with van der Waals surface area (Å²) in [4.78, 5) is 4.35. The summed E-state index contributed by atoms with van der Waals surface area (Å²) >= 11 is 0. The number of pyridine rings is 1. The molecule has 0 bridgehead atoms. The molecule has 2 aromatic heterocycles. The molecule has 7 nitrogen and oxygen atoms in total. The molecule has 23 heavy (non-hydrogen) atoms. The van der Waals surface area contributed by atoms with Crippen molar-refractivity contribution in [2.75, 3.05) is 19.1 Å². The lowest BCUT2D eigenvalue weighted by Crippen LogP contribution is -2.04. The van der Waals surface area contributed by atoms with Crippen molar-refractivity contribution in [3.05, 3.63) is 42.4 Å². The molecule has 3 aromatic rings. The van der Waals surface area contributed by atoms with Gasteiger partial charge in [-0.3, -0.25) is 14.0 Å². The summed E-state index contributed by atoms with van der Waals surface area (Å²) in [5, 5.41) is 9.16. The monoisotopic (exact) mass is 331 g/mol. The molecule has 120 valence electrons. The SMILES string of the molecule is COc1ccc2c(-n3cc(CCS(C)(=N)=O)nn3)ccnc2c1. The Hall–Kier alpha value is -2.48. The topological polar surface area (TPSA) is 93.8 Å². The van der Waals surface area contributed by atoms with Crippen molar-refractivity contribution in [2.45, 2.75) is 6.42 Å². The molecule has 3 rings (SSSR count). The van der Waals surface area contributed by atoms with E-state index in [0.29, 0.717) is 12.1 Å². The normalized spacial score (nSPS) is 13.8. The Bertz CT molecular complexity index is 949. The Kier molecular flexibility index (Phi) is 3.99. The maximum atomic E-state index is 11.5. The number of nitrogens with zero attached hydrogens (tertiary/aromatic N) is 4. The Morgan fingerprint density at radius 1 is 1.35 bits per heavy atom. The van der Waals surface area contributed by atoms with Gasteiger partial charge in [-0.1, -0.05) is 5.21 Å². The second-order valence-electron chi connectivity index (χ2n) is 5.33. The summed E-state index contributed by atoms with van der Waals surface area (Å²) < 4.78 is 25.8. The number of aromatic nitrogens is 4. The fourth-order valence-electron chi connectivity index (χ4n) is 2.27. The van der Waals surface area contributed by atoms with Crippen LogP contribution >= 0.6 is 0 Å². The van der Waals surface area contributed by atoms with Crippen molar-refractivity contribution < 1.29 is 8.95 Å². The Morgan fingerprint density at radius 3 is 2.91 bits per heavy atom. The molecule has 0 radical (unpaired) electrons. The molecule has 1 N–H and O–H groups in total. The van der Waals surface area contributed by atoms with Gasteiger partial charge in [-0.25, -0.2) is 4.68 Å². The smallest absolute Gasteiger partial charge is 0.121 e. The lowest BCUT2D eigenvalue weighted by molar-refractivity contribution is 0.415. The predicted molar refractivity (Wildman–Crippen MR) is 88.6 cm³/mol. The molecule has 1 unspecified atom stereocenters. The van der Waals surface area contributed by atoms with E-state index in [1.54, 1.807) is 24.2 Å². The molecule has 0 amide bonds. The quantitative estimate of drug-likeness (QED) is 0.772. The molecule has 0 fully saturated rings. The van der Waals surface area contributed by atoms with Crippen molar-refractivity contribution in [1.82, 2.24) is 20.0 Å². The highest BCUT2D eigenvalue weighted by atomic mass is 32.2. The van der Waals surface area contributed by atoms with Crippen molar-refractivity contribution in [2.24, 2.45) is 0 Å². The largest absolute Gasteiger partial charge is 0.497 e. The minimum absolute atomic E-state index is 0.278. The van der Waals surface area contributed by atoms with Crippen LogP contribution in [0.1, 0.15) is 5.69 Å². The third kappa shape index (κ3) is 3.48. The van der Waals surface area contributed by atoms with Gasteiger partial charge in [0.2, 0.25) is 0 Å². The first-order valence-electron chi connectivity index (χ1n) is 7.02. The van der Waals surface area contributed by atoms with E-state index in [1.807, 2.05) is 24.3 Å². The molecular weight excluding hydrogens is 314 g/mol.